The molecule has 1 aliphatic carbocycles. The third-order valence-corrected chi connectivity index (χ3v) is 4.40. The van der Waals surface area contributed by atoms with E-state index in [1.165, 1.54) is 0 Å². The minimum atomic E-state index is -0.0897. The Morgan fingerprint density at radius 1 is 1.00 bits per heavy atom. The zero-order chi connectivity index (χ0) is 16.4. The number of carbonyl (C=O) groups is 1. The van der Waals surface area contributed by atoms with Gasteiger partial charge in [-0.15, -0.1) is 0 Å². The van der Waals surface area contributed by atoms with Gasteiger partial charge in [0.15, 0.2) is 5.82 Å². The van der Waals surface area contributed by atoms with Crippen molar-refractivity contribution in [3.8, 4) is 5.69 Å². The molecule has 120 valence electrons. The van der Waals surface area contributed by atoms with Gasteiger partial charge in [-0.1, -0.05) is 48.5 Å². The molecule has 0 aliphatic heterocycles. The highest BCUT2D eigenvalue weighted by Gasteiger charge is 2.37. The van der Waals surface area contributed by atoms with Gasteiger partial charge in [-0.05, 0) is 36.5 Å². The topological polar surface area (TPSA) is 46.9 Å². The summed E-state index contributed by atoms with van der Waals surface area (Å²) in [6.45, 7) is 0. The molecule has 1 amide bonds. The largest absolute Gasteiger partial charge is 0.309 e. The summed E-state index contributed by atoms with van der Waals surface area (Å²) < 4.78 is 1.77. The molecule has 4 nitrogen and oxygen atoms in total. The Morgan fingerprint density at radius 3 is 2.33 bits per heavy atom. The van der Waals surface area contributed by atoms with Crippen molar-refractivity contribution in [3.05, 3.63) is 78.5 Å². The first-order chi connectivity index (χ1) is 11.8. The minimum Gasteiger partial charge on any atom is -0.309 e. The fourth-order valence-electron chi connectivity index (χ4n) is 3.05. The van der Waals surface area contributed by atoms with Crippen molar-refractivity contribution in [2.24, 2.45) is 5.92 Å². The molecule has 1 unspecified atom stereocenters. The third-order valence-electron chi connectivity index (χ3n) is 4.40. The van der Waals surface area contributed by atoms with Crippen LogP contribution in [0, 0.1) is 5.92 Å². The summed E-state index contributed by atoms with van der Waals surface area (Å²) in [4.78, 5) is 12.8. The lowest BCUT2D eigenvalue weighted by Gasteiger charge is -2.15. The van der Waals surface area contributed by atoms with E-state index in [1.54, 1.807) is 4.68 Å². The second kappa shape index (κ2) is 6.32. The number of carbonyl (C=O) groups excluding carboxylic acids is 1. The average molecular weight is 317 g/mol. The van der Waals surface area contributed by atoms with E-state index in [0.29, 0.717) is 11.7 Å². The Balaban J connectivity index is 1.52. The Bertz CT molecular complexity index is 822. The third kappa shape index (κ3) is 3.08. The number of nitrogens with zero attached hydrogens (tertiary/aromatic N) is 2. The number of nitrogens with one attached hydrogen (secondary N) is 1. The van der Waals surface area contributed by atoms with Gasteiger partial charge in [-0.3, -0.25) is 4.79 Å². The van der Waals surface area contributed by atoms with Crippen LogP contribution in [0.5, 0.6) is 0 Å². The first kappa shape index (κ1) is 14.7. The van der Waals surface area contributed by atoms with Gasteiger partial charge >= 0.3 is 0 Å². The van der Waals surface area contributed by atoms with Crippen molar-refractivity contribution < 1.29 is 4.79 Å². The Hall–Kier alpha value is -2.88. The van der Waals surface area contributed by atoms with E-state index in [-0.39, 0.29) is 11.8 Å². The first-order valence-corrected chi connectivity index (χ1v) is 8.28. The SMILES string of the molecule is O=C(Nc1ccn(-c2ccccc2)n1)C(c1ccccc1)C1CC1. The zero-order valence-electron chi connectivity index (χ0n) is 13.3. The quantitative estimate of drug-likeness (QED) is 0.773. The molecule has 1 aliphatic rings. The van der Waals surface area contributed by atoms with Gasteiger partial charge in [-0.2, -0.15) is 5.10 Å². The van der Waals surface area contributed by atoms with Gasteiger partial charge in [0.25, 0.3) is 0 Å². The van der Waals surface area contributed by atoms with E-state index in [9.17, 15) is 4.79 Å². The number of anilines is 1. The number of benzene rings is 2. The van der Waals surface area contributed by atoms with E-state index in [2.05, 4.69) is 10.4 Å². The van der Waals surface area contributed by atoms with E-state index in [4.69, 9.17) is 0 Å². The van der Waals surface area contributed by atoms with Crippen molar-refractivity contribution in [1.82, 2.24) is 9.78 Å². The van der Waals surface area contributed by atoms with Crippen LogP contribution in [0.2, 0.25) is 0 Å². The molecule has 1 saturated carbocycles. The molecular weight excluding hydrogens is 298 g/mol. The van der Waals surface area contributed by atoms with E-state index in [0.717, 1.165) is 24.1 Å². The Labute approximate surface area is 141 Å². The van der Waals surface area contributed by atoms with Crippen molar-refractivity contribution >= 4 is 11.7 Å². The highest BCUT2D eigenvalue weighted by Crippen LogP contribution is 2.43. The molecule has 1 fully saturated rings. The van der Waals surface area contributed by atoms with Crippen molar-refractivity contribution in [3.63, 3.8) is 0 Å². The molecule has 0 saturated heterocycles. The normalized spacial score (nSPS) is 15.0. The molecule has 24 heavy (non-hydrogen) atoms. The molecule has 1 atom stereocenters. The van der Waals surface area contributed by atoms with Crippen LogP contribution in [0.4, 0.5) is 5.82 Å². The molecule has 2 aromatic carbocycles. The van der Waals surface area contributed by atoms with Gasteiger partial charge in [-0.25, -0.2) is 4.68 Å². The second-order valence-electron chi connectivity index (χ2n) is 6.20. The predicted molar refractivity (Wildman–Crippen MR) is 94.1 cm³/mol. The fourth-order valence-corrected chi connectivity index (χ4v) is 3.05. The lowest BCUT2D eigenvalue weighted by molar-refractivity contribution is -0.118. The van der Waals surface area contributed by atoms with E-state index >= 15 is 0 Å². The smallest absolute Gasteiger partial charge is 0.233 e. The van der Waals surface area contributed by atoms with Crippen LogP contribution in [0.3, 0.4) is 0 Å². The molecule has 0 bridgehead atoms. The predicted octanol–water partition coefficient (Wildman–Crippen LogP) is 4.00. The maximum absolute atomic E-state index is 12.8. The summed E-state index contributed by atoms with van der Waals surface area (Å²) >= 11 is 0. The summed E-state index contributed by atoms with van der Waals surface area (Å²) in [6, 6.07) is 21.7. The summed E-state index contributed by atoms with van der Waals surface area (Å²) in [7, 11) is 0. The number of hydrogen-bond donors (Lipinski definition) is 1. The maximum Gasteiger partial charge on any atom is 0.233 e. The molecule has 1 aromatic heterocycles. The molecule has 1 heterocycles. The molecule has 0 radical (unpaired) electrons. The van der Waals surface area contributed by atoms with Crippen molar-refractivity contribution in [2.75, 3.05) is 5.32 Å². The molecular formula is C20H19N3O. The van der Waals surface area contributed by atoms with Crippen LogP contribution in [0.25, 0.3) is 5.69 Å². The highest BCUT2D eigenvalue weighted by molar-refractivity contribution is 5.95. The van der Waals surface area contributed by atoms with Crippen LogP contribution < -0.4 is 5.32 Å². The molecule has 4 rings (SSSR count). The summed E-state index contributed by atoms with van der Waals surface area (Å²) in [5.41, 5.74) is 2.06. The maximum atomic E-state index is 12.8. The lowest BCUT2D eigenvalue weighted by atomic mass is 9.93. The monoisotopic (exact) mass is 317 g/mol. The van der Waals surface area contributed by atoms with Crippen molar-refractivity contribution in [2.45, 2.75) is 18.8 Å². The Morgan fingerprint density at radius 2 is 1.67 bits per heavy atom. The molecule has 3 aromatic rings. The van der Waals surface area contributed by atoms with Gasteiger partial charge in [0.2, 0.25) is 5.91 Å². The minimum absolute atomic E-state index is 0.0296. The van der Waals surface area contributed by atoms with Gasteiger partial charge in [0, 0.05) is 12.3 Å². The zero-order valence-corrected chi connectivity index (χ0v) is 13.3. The number of amides is 1. The van der Waals surface area contributed by atoms with Crippen LogP contribution in [0.1, 0.15) is 24.3 Å². The second-order valence-corrected chi connectivity index (χ2v) is 6.20. The standard InChI is InChI=1S/C20H19N3O/c24-20(19(16-11-12-16)15-7-3-1-4-8-15)21-18-13-14-23(22-18)17-9-5-2-6-10-17/h1-10,13-14,16,19H,11-12H2,(H,21,22,24). The first-order valence-electron chi connectivity index (χ1n) is 8.28. The number of hydrogen-bond acceptors (Lipinski definition) is 2. The van der Waals surface area contributed by atoms with Gasteiger partial charge in [0.05, 0.1) is 11.6 Å². The van der Waals surface area contributed by atoms with Crippen molar-refractivity contribution in [1.29, 1.82) is 0 Å². The summed E-state index contributed by atoms with van der Waals surface area (Å²) in [5, 5.41) is 7.44. The van der Waals surface area contributed by atoms with Crippen LogP contribution in [0.15, 0.2) is 72.9 Å². The van der Waals surface area contributed by atoms with Crippen LogP contribution in [-0.2, 0) is 4.79 Å². The van der Waals surface area contributed by atoms with Gasteiger partial charge < -0.3 is 5.32 Å². The molecule has 1 N–H and O–H groups in total. The number of rotatable bonds is 5. The number of aromatic nitrogens is 2. The molecule has 0 spiro atoms. The molecule has 4 heteroatoms. The van der Waals surface area contributed by atoms with Crippen LogP contribution in [-0.4, -0.2) is 15.7 Å². The average Bonchev–Trinajstić information content (AvgIpc) is 3.34. The summed E-state index contributed by atoms with van der Waals surface area (Å²) in [6.07, 6.45) is 4.09. The Kier molecular flexibility index (Phi) is 3.87. The van der Waals surface area contributed by atoms with E-state index < -0.39 is 0 Å². The van der Waals surface area contributed by atoms with E-state index in [1.807, 2.05) is 72.9 Å². The fraction of sp³-hybridized carbons (Fsp3) is 0.200. The lowest BCUT2D eigenvalue weighted by Crippen LogP contribution is -2.23. The highest BCUT2D eigenvalue weighted by atomic mass is 16.2. The number of para-hydroxylation sites is 1. The van der Waals surface area contributed by atoms with Crippen LogP contribution >= 0.6 is 0 Å². The van der Waals surface area contributed by atoms with Gasteiger partial charge in [0.1, 0.15) is 0 Å². The summed E-state index contributed by atoms with van der Waals surface area (Å²) in [5.74, 6) is 0.976.